The Bertz CT molecular complexity index is 707. The largest absolute Gasteiger partial charge is 0.357 e. The van der Waals surface area contributed by atoms with Gasteiger partial charge < -0.3 is 10.6 Å². The molecular formula is C19H24ClN3OS. The Morgan fingerprint density at radius 2 is 1.92 bits per heavy atom. The van der Waals surface area contributed by atoms with Crippen LogP contribution in [0.3, 0.4) is 0 Å². The number of hydrogen-bond acceptors (Lipinski definition) is 2. The van der Waals surface area contributed by atoms with Gasteiger partial charge in [0.2, 0.25) is 0 Å². The zero-order valence-corrected chi connectivity index (χ0v) is 15.9. The van der Waals surface area contributed by atoms with Crippen molar-refractivity contribution in [3.8, 4) is 0 Å². The normalized spacial score (nSPS) is 12.6. The Morgan fingerprint density at radius 1 is 1.12 bits per heavy atom. The molecule has 2 aromatic rings. The number of hydrogen-bond donors (Lipinski definition) is 2. The van der Waals surface area contributed by atoms with E-state index in [4.69, 9.17) is 11.6 Å². The number of nitrogens with one attached hydrogen (secondary N) is 2. The number of aliphatic imine (C=N–C) groups is 1. The average molecular weight is 378 g/mol. The van der Waals surface area contributed by atoms with Crippen molar-refractivity contribution in [3.63, 3.8) is 0 Å². The van der Waals surface area contributed by atoms with Crippen molar-refractivity contribution in [2.24, 2.45) is 4.99 Å². The molecular weight excluding hydrogens is 354 g/mol. The predicted octanol–water partition coefficient (Wildman–Crippen LogP) is 3.25. The first-order chi connectivity index (χ1) is 12.2. The smallest absolute Gasteiger partial charge is 0.191 e. The molecule has 2 rings (SSSR count). The molecule has 0 saturated carbocycles. The van der Waals surface area contributed by atoms with Gasteiger partial charge in [0.05, 0.1) is 17.3 Å². The Hall–Kier alpha value is -1.85. The summed E-state index contributed by atoms with van der Waals surface area (Å²) >= 11 is 6.00. The molecule has 0 spiro atoms. The summed E-state index contributed by atoms with van der Waals surface area (Å²) in [6.07, 6.45) is 0.862. The third-order valence-corrected chi connectivity index (χ3v) is 5.08. The molecule has 0 aliphatic carbocycles. The number of nitrogens with zero attached hydrogens (tertiary/aromatic N) is 1. The fourth-order valence-corrected chi connectivity index (χ4v) is 3.46. The van der Waals surface area contributed by atoms with Gasteiger partial charge in [-0.15, -0.1) is 0 Å². The summed E-state index contributed by atoms with van der Waals surface area (Å²) in [4.78, 5) is 5.35. The molecule has 1 unspecified atom stereocenters. The van der Waals surface area contributed by atoms with Crippen molar-refractivity contribution in [1.29, 1.82) is 0 Å². The number of benzene rings is 2. The van der Waals surface area contributed by atoms with Crippen LogP contribution in [0, 0.1) is 0 Å². The maximum Gasteiger partial charge on any atom is 0.191 e. The third kappa shape index (κ3) is 7.28. The van der Waals surface area contributed by atoms with E-state index in [9.17, 15) is 4.21 Å². The highest BCUT2D eigenvalue weighted by Gasteiger charge is 2.03. The molecule has 1 atom stereocenters. The van der Waals surface area contributed by atoms with Crippen molar-refractivity contribution in [1.82, 2.24) is 10.6 Å². The first-order valence-corrected chi connectivity index (χ1v) is 10.1. The van der Waals surface area contributed by atoms with E-state index in [1.165, 1.54) is 5.56 Å². The molecule has 0 bridgehead atoms. The molecule has 2 aromatic carbocycles. The van der Waals surface area contributed by atoms with Crippen LogP contribution < -0.4 is 10.6 Å². The molecule has 2 N–H and O–H groups in total. The summed E-state index contributed by atoms with van der Waals surface area (Å²) < 4.78 is 12.2. The van der Waals surface area contributed by atoms with Crippen LogP contribution in [0.25, 0.3) is 0 Å². The van der Waals surface area contributed by atoms with Crippen LogP contribution in [-0.2, 0) is 17.2 Å². The fraction of sp³-hybridized carbons (Fsp3) is 0.316. The van der Waals surface area contributed by atoms with E-state index in [0.717, 1.165) is 35.4 Å². The van der Waals surface area contributed by atoms with Gasteiger partial charge in [0.1, 0.15) is 0 Å². The summed E-state index contributed by atoms with van der Waals surface area (Å²) in [7, 11) is -1.02. The van der Waals surface area contributed by atoms with E-state index >= 15 is 0 Å². The van der Waals surface area contributed by atoms with Crippen LogP contribution in [-0.4, -0.2) is 35.6 Å². The highest BCUT2D eigenvalue weighted by molar-refractivity contribution is 7.85. The highest BCUT2D eigenvalue weighted by atomic mass is 35.5. The average Bonchev–Trinajstić information content (AvgIpc) is 2.62. The lowest BCUT2D eigenvalue weighted by molar-refractivity contribution is 0.682. The summed E-state index contributed by atoms with van der Waals surface area (Å²) in [6, 6.07) is 17.3. The molecule has 0 saturated heterocycles. The van der Waals surface area contributed by atoms with Crippen LogP contribution in [0.5, 0.6) is 0 Å². The molecule has 0 aliphatic heterocycles. The molecule has 0 amide bonds. The van der Waals surface area contributed by atoms with Crippen LogP contribution in [0.15, 0.2) is 64.5 Å². The van der Waals surface area contributed by atoms with Crippen LogP contribution >= 0.6 is 11.6 Å². The van der Waals surface area contributed by atoms with Gasteiger partial charge in [-0.25, -0.2) is 0 Å². The molecule has 0 aromatic heterocycles. The van der Waals surface area contributed by atoms with E-state index < -0.39 is 10.8 Å². The van der Waals surface area contributed by atoms with Crippen LogP contribution in [0.1, 0.15) is 12.5 Å². The van der Waals surface area contributed by atoms with E-state index in [-0.39, 0.29) is 0 Å². The SMILES string of the molecule is CCNC(=NCCS(=O)c1ccccc1)NCCc1cccc(Cl)c1. The maximum atomic E-state index is 12.2. The van der Waals surface area contributed by atoms with Crippen LogP contribution in [0.2, 0.25) is 5.02 Å². The Balaban J connectivity index is 1.80. The van der Waals surface area contributed by atoms with Crippen molar-refractivity contribution < 1.29 is 4.21 Å². The Morgan fingerprint density at radius 3 is 2.64 bits per heavy atom. The summed E-state index contributed by atoms with van der Waals surface area (Å²) in [5, 5.41) is 7.26. The van der Waals surface area contributed by atoms with Gasteiger partial charge in [-0.2, -0.15) is 0 Å². The monoisotopic (exact) mass is 377 g/mol. The van der Waals surface area contributed by atoms with E-state index in [2.05, 4.69) is 21.7 Å². The Labute approximate surface area is 157 Å². The lowest BCUT2D eigenvalue weighted by Gasteiger charge is -2.11. The van der Waals surface area contributed by atoms with E-state index in [1.807, 2.05) is 55.5 Å². The van der Waals surface area contributed by atoms with E-state index in [0.29, 0.717) is 12.3 Å². The lowest BCUT2D eigenvalue weighted by atomic mass is 10.1. The van der Waals surface area contributed by atoms with Crippen LogP contribution in [0.4, 0.5) is 0 Å². The number of rotatable bonds is 8. The quantitative estimate of drug-likeness (QED) is 0.548. The second-order valence-electron chi connectivity index (χ2n) is 5.43. The maximum absolute atomic E-state index is 12.2. The zero-order valence-electron chi connectivity index (χ0n) is 14.4. The lowest BCUT2D eigenvalue weighted by Crippen LogP contribution is -2.38. The molecule has 6 heteroatoms. The first-order valence-electron chi connectivity index (χ1n) is 8.39. The van der Waals surface area contributed by atoms with Crippen molar-refractivity contribution in [2.75, 3.05) is 25.4 Å². The van der Waals surface area contributed by atoms with Gasteiger partial charge in [-0.3, -0.25) is 9.20 Å². The van der Waals surface area contributed by atoms with Gasteiger partial charge in [0.25, 0.3) is 0 Å². The highest BCUT2D eigenvalue weighted by Crippen LogP contribution is 2.10. The minimum Gasteiger partial charge on any atom is -0.357 e. The number of guanidine groups is 1. The van der Waals surface area contributed by atoms with Gasteiger partial charge in [-0.1, -0.05) is 41.9 Å². The van der Waals surface area contributed by atoms with E-state index in [1.54, 1.807) is 0 Å². The molecule has 0 fully saturated rings. The van der Waals surface area contributed by atoms with Crippen molar-refractivity contribution in [2.45, 2.75) is 18.2 Å². The topological polar surface area (TPSA) is 53.5 Å². The second kappa shape index (κ2) is 10.9. The molecule has 4 nitrogen and oxygen atoms in total. The molecule has 0 aliphatic rings. The summed E-state index contributed by atoms with van der Waals surface area (Å²) in [5.74, 6) is 1.25. The number of halogens is 1. The fourth-order valence-electron chi connectivity index (χ4n) is 2.29. The van der Waals surface area contributed by atoms with Gasteiger partial charge in [0, 0.05) is 28.8 Å². The molecule has 25 heavy (non-hydrogen) atoms. The molecule has 0 heterocycles. The van der Waals surface area contributed by atoms with Gasteiger partial charge in [-0.05, 0) is 43.2 Å². The predicted molar refractivity (Wildman–Crippen MR) is 107 cm³/mol. The third-order valence-electron chi connectivity index (χ3n) is 3.49. The molecule has 0 radical (unpaired) electrons. The van der Waals surface area contributed by atoms with Gasteiger partial charge >= 0.3 is 0 Å². The Kier molecular flexibility index (Phi) is 8.49. The summed E-state index contributed by atoms with van der Waals surface area (Å²) in [5.41, 5.74) is 1.18. The second-order valence-corrected chi connectivity index (χ2v) is 7.44. The summed E-state index contributed by atoms with van der Waals surface area (Å²) in [6.45, 7) is 4.07. The zero-order chi connectivity index (χ0) is 17.9. The minimum absolute atomic E-state index is 0.508. The van der Waals surface area contributed by atoms with Crippen molar-refractivity contribution >= 4 is 28.4 Å². The van der Waals surface area contributed by atoms with Crippen molar-refractivity contribution in [3.05, 3.63) is 65.2 Å². The standard InChI is InChI=1S/C19H24ClN3OS/c1-2-21-19(22-12-11-16-7-6-8-17(20)15-16)23-13-14-25(24)18-9-4-3-5-10-18/h3-10,15H,2,11-14H2,1H3,(H2,21,22,23). The molecule has 134 valence electrons. The van der Waals surface area contributed by atoms with Gasteiger partial charge in [0.15, 0.2) is 5.96 Å². The minimum atomic E-state index is -1.02. The first kappa shape index (κ1) is 19.5.